The molecule has 0 radical (unpaired) electrons. The number of nitrogens with two attached hydrogens (primary N) is 1. The van der Waals surface area contributed by atoms with Gasteiger partial charge in [-0.15, -0.1) is 0 Å². The van der Waals surface area contributed by atoms with E-state index in [1.807, 2.05) is 13.8 Å². The number of pyridine rings is 1. The Balaban J connectivity index is 1.53. The van der Waals surface area contributed by atoms with E-state index in [-0.39, 0.29) is 47.2 Å². The number of halogens is 6. The number of rotatable bonds is 6. The van der Waals surface area contributed by atoms with Crippen LogP contribution in [0, 0.1) is 18.7 Å². The number of benzene rings is 1. The van der Waals surface area contributed by atoms with Gasteiger partial charge < -0.3 is 15.0 Å². The van der Waals surface area contributed by atoms with E-state index >= 15 is 4.39 Å². The highest BCUT2D eigenvalue weighted by atomic mass is 19.4. The number of nitrogen functional groups attached to an aromatic ring is 1. The van der Waals surface area contributed by atoms with Crippen molar-refractivity contribution in [1.29, 1.82) is 0 Å². The second-order valence-corrected chi connectivity index (χ2v) is 9.91. The van der Waals surface area contributed by atoms with Crippen LogP contribution in [0.25, 0.3) is 22.2 Å². The van der Waals surface area contributed by atoms with Gasteiger partial charge in [-0.3, -0.25) is 9.20 Å². The van der Waals surface area contributed by atoms with E-state index < -0.39 is 29.4 Å². The van der Waals surface area contributed by atoms with E-state index in [0.717, 1.165) is 16.5 Å². The molecule has 2 N–H and O–H groups in total. The van der Waals surface area contributed by atoms with E-state index in [1.165, 1.54) is 23.4 Å². The summed E-state index contributed by atoms with van der Waals surface area (Å²) in [5, 5.41) is 0. The van der Waals surface area contributed by atoms with E-state index in [9.17, 15) is 26.7 Å². The maximum Gasteiger partial charge on any atom is 0.458 e. The minimum Gasteiger partial charge on any atom is -0.382 e. The predicted molar refractivity (Wildman–Crippen MR) is 134 cm³/mol. The first-order valence-corrected chi connectivity index (χ1v) is 12.1. The van der Waals surface area contributed by atoms with Gasteiger partial charge in [0, 0.05) is 30.6 Å². The zero-order valence-corrected chi connectivity index (χ0v) is 21.5. The molecule has 40 heavy (non-hydrogen) atoms. The molecular weight excluding hydrogens is 540 g/mol. The number of carbonyl (C=O) groups is 1. The number of fused-ring (bicyclic) bond motifs is 4. The SMILES string of the molecule is Cc1ncc2c(N)nc3cc(F)c(C(=O)N(Cc4cn5cc(C(F)(F)C(F)(F)F)ccc5n4)CC(C)C)cc3n12. The van der Waals surface area contributed by atoms with Crippen LogP contribution in [-0.4, -0.2) is 47.3 Å². The second-order valence-electron chi connectivity index (χ2n) is 9.91. The zero-order valence-electron chi connectivity index (χ0n) is 21.5. The highest BCUT2D eigenvalue weighted by molar-refractivity contribution is 5.98. The summed E-state index contributed by atoms with van der Waals surface area (Å²) in [4.78, 5) is 27.7. The van der Waals surface area contributed by atoms with Crippen LogP contribution < -0.4 is 5.73 Å². The fourth-order valence-corrected chi connectivity index (χ4v) is 4.60. The predicted octanol–water partition coefficient (Wildman–Crippen LogP) is 5.51. The average Bonchev–Trinajstić information content (AvgIpc) is 3.45. The van der Waals surface area contributed by atoms with Gasteiger partial charge in [-0.05, 0) is 31.0 Å². The van der Waals surface area contributed by atoms with E-state index in [0.29, 0.717) is 29.1 Å². The third kappa shape index (κ3) is 4.56. The quantitative estimate of drug-likeness (QED) is 0.275. The zero-order chi connectivity index (χ0) is 29.1. The van der Waals surface area contributed by atoms with Crippen molar-refractivity contribution in [2.75, 3.05) is 12.3 Å². The molecule has 0 aliphatic carbocycles. The summed E-state index contributed by atoms with van der Waals surface area (Å²) in [5.74, 6) is -5.90. The number of imidazole rings is 2. The number of aryl methyl sites for hydroxylation is 1. The Bertz CT molecular complexity index is 1770. The van der Waals surface area contributed by atoms with Crippen molar-refractivity contribution in [3.8, 4) is 0 Å². The van der Waals surface area contributed by atoms with Crippen molar-refractivity contribution in [3.63, 3.8) is 0 Å². The van der Waals surface area contributed by atoms with Crippen molar-refractivity contribution in [2.45, 2.75) is 39.4 Å². The van der Waals surface area contributed by atoms with Crippen LogP contribution in [0.15, 0.2) is 42.9 Å². The lowest BCUT2D eigenvalue weighted by atomic mass is 10.1. The molecular formula is C26H23F6N7O. The van der Waals surface area contributed by atoms with Gasteiger partial charge >= 0.3 is 12.1 Å². The van der Waals surface area contributed by atoms with Crippen LogP contribution in [0.4, 0.5) is 32.2 Å². The molecule has 14 heteroatoms. The number of hydrogen-bond donors (Lipinski definition) is 1. The molecule has 0 spiro atoms. The fourth-order valence-electron chi connectivity index (χ4n) is 4.60. The molecule has 0 saturated heterocycles. The van der Waals surface area contributed by atoms with Gasteiger partial charge in [-0.2, -0.15) is 22.0 Å². The first kappa shape index (κ1) is 27.2. The number of carbonyl (C=O) groups excluding carboxylic acids is 1. The molecule has 0 aliphatic rings. The van der Waals surface area contributed by atoms with Crippen molar-refractivity contribution in [1.82, 2.24) is 28.7 Å². The molecule has 1 amide bonds. The molecule has 0 bridgehead atoms. The summed E-state index contributed by atoms with van der Waals surface area (Å²) in [5.41, 5.74) is 5.94. The van der Waals surface area contributed by atoms with Crippen molar-refractivity contribution < 1.29 is 31.1 Å². The summed E-state index contributed by atoms with van der Waals surface area (Å²) >= 11 is 0. The Labute approximate surface area is 223 Å². The van der Waals surface area contributed by atoms with Crippen LogP contribution in [-0.2, 0) is 12.5 Å². The minimum atomic E-state index is -5.77. The van der Waals surface area contributed by atoms with Gasteiger partial charge in [-0.1, -0.05) is 13.8 Å². The lowest BCUT2D eigenvalue weighted by molar-refractivity contribution is -0.289. The third-order valence-electron chi connectivity index (χ3n) is 6.42. The first-order valence-electron chi connectivity index (χ1n) is 12.1. The van der Waals surface area contributed by atoms with Gasteiger partial charge in [0.15, 0.2) is 0 Å². The van der Waals surface area contributed by atoms with Crippen LogP contribution in [0.1, 0.15) is 41.3 Å². The molecule has 0 fully saturated rings. The topological polar surface area (TPSA) is 93.8 Å². The number of alkyl halides is 5. The number of aromatic nitrogens is 5. The number of anilines is 1. The molecule has 5 rings (SSSR count). The van der Waals surface area contributed by atoms with Gasteiger partial charge in [0.05, 0.1) is 35.0 Å². The largest absolute Gasteiger partial charge is 0.458 e. The highest BCUT2D eigenvalue weighted by Crippen LogP contribution is 2.43. The average molecular weight is 564 g/mol. The minimum absolute atomic E-state index is 0.0503. The van der Waals surface area contributed by atoms with Crippen molar-refractivity contribution in [3.05, 3.63) is 71.3 Å². The van der Waals surface area contributed by atoms with E-state index in [2.05, 4.69) is 15.0 Å². The molecule has 5 aromatic rings. The maximum absolute atomic E-state index is 15.2. The molecule has 0 aliphatic heterocycles. The summed E-state index contributed by atoms with van der Waals surface area (Å²) in [6.45, 7) is 5.44. The Morgan fingerprint density at radius 2 is 1.80 bits per heavy atom. The third-order valence-corrected chi connectivity index (χ3v) is 6.42. The first-order chi connectivity index (χ1) is 18.7. The summed E-state index contributed by atoms with van der Waals surface area (Å²) in [7, 11) is 0. The number of hydrogen-bond acceptors (Lipinski definition) is 5. The lowest BCUT2D eigenvalue weighted by Crippen LogP contribution is -2.34. The molecule has 0 unspecified atom stereocenters. The van der Waals surface area contributed by atoms with Gasteiger partial charge in [0.25, 0.3) is 5.91 Å². The lowest BCUT2D eigenvalue weighted by Gasteiger charge is -2.24. The molecule has 1 aromatic carbocycles. The van der Waals surface area contributed by atoms with Crippen LogP contribution in [0.5, 0.6) is 0 Å². The molecule has 8 nitrogen and oxygen atoms in total. The van der Waals surface area contributed by atoms with Crippen LogP contribution in [0.3, 0.4) is 0 Å². The summed E-state index contributed by atoms with van der Waals surface area (Å²) in [6, 6.07) is 4.16. The summed E-state index contributed by atoms with van der Waals surface area (Å²) < 4.78 is 84.2. The Morgan fingerprint density at radius 1 is 1.07 bits per heavy atom. The Hall–Kier alpha value is -4.36. The number of amides is 1. The molecule has 210 valence electrons. The van der Waals surface area contributed by atoms with Crippen molar-refractivity contribution >= 4 is 33.9 Å². The van der Waals surface area contributed by atoms with Gasteiger partial charge in [0.2, 0.25) is 0 Å². The summed E-state index contributed by atoms with van der Waals surface area (Å²) in [6.07, 6.45) is -2.34. The van der Waals surface area contributed by atoms with Crippen LogP contribution in [0.2, 0.25) is 0 Å². The Kier molecular flexibility index (Phi) is 6.38. The van der Waals surface area contributed by atoms with E-state index in [4.69, 9.17) is 5.73 Å². The fraction of sp³-hybridized carbons (Fsp3) is 0.308. The van der Waals surface area contributed by atoms with E-state index in [1.54, 1.807) is 11.3 Å². The number of nitrogens with zero attached hydrogens (tertiary/aromatic N) is 6. The normalized spacial score (nSPS) is 12.8. The van der Waals surface area contributed by atoms with Gasteiger partial charge in [0.1, 0.15) is 28.6 Å². The maximum atomic E-state index is 15.2. The Morgan fingerprint density at radius 3 is 2.48 bits per heavy atom. The van der Waals surface area contributed by atoms with Crippen LogP contribution >= 0.6 is 0 Å². The molecule has 4 aromatic heterocycles. The molecule has 0 saturated carbocycles. The highest BCUT2D eigenvalue weighted by Gasteiger charge is 2.58. The van der Waals surface area contributed by atoms with Crippen molar-refractivity contribution in [2.24, 2.45) is 5.92 Å². The molecule has 0 atom stereocenters. The molecule has 4 heterocycles. The standard InChI is InChI=1S/C26H23F6N7O/c1-13(2)9-38(12-16-11-37-10-15(4-5-22(37)35-16)25(28,29)26(30,31)32)24(40)17-6-20-19(7-18(17)27)36-23(33)21-8-34-14(3)39(20)21/h4-8,10-11,13H,9,12H2,1-3H3,(H2,33,36). The van der Waals surface area contributed by atoms with Gasteiger partial charge in [-0.25, -0.2) is 19.3 Å². The monoisotopic (exact) mass is 563 g/mol. The second kappa shape index (κ2) is 9.38. The smallest absolute Gasteiger partial charge is 0.382 e.